The Kier molecular flexibility index (Phi) is 4.59. The summed E-state index contributed by atoms with van der Waals surface area (Å²) in [5.41, 5.74) is 6.81. The maximum absolute atomic E-state index is 5.61. The molecule has 1 unspecified atom stereocenters. The number of hydrogen-bond acceptors (Lipinski definition) is 1. The van der Waals surface area contributed by atoms with E-state index in [1.165, 1.54) is 5.56 Å². The zero-order valence-corrected chi connectivity index (χ0v) is 8.13. The zero-order valence-electron chi connectivity index (χ0n) is 5.86. The van der Waals surface area contributed by atoms with Crippen molar-refractivity contribution >= 4 is 0 Å². The Hall–Kier alpha value is -0.132. The van der Waals surface area contributed by atoms with Crippen LogP contribution in [0, 0.1) is 0 Å². The third kappa shape index (κ3) is 2.64. The van der Waals surface area contributed by atoms with Crippen LogP contribution in [-0.2, 0) is 21.1 Å². The van der Waals surface area contributed by atoms with Gasteiger partial charge in [0, 0.05) is 27.1 Å². The van der Waals surface area contributed by atoms with E-state index in [1.54, 1.807) is 0 Å². The second kappa shape index (κ2) is 4.65. The Balaban J connectivity index is 0.000000810. The fourth-order valence-corrected chi connectivity index (χ4v) is 0.757. The molecule has 0 amide bonds. The molecule has 0 aliphatic rings. The first-order valence-corrected chi connectivity index (χ1v) is 3.11. The molecular formula is C8H11NPt. The number of rotatable bonds is 1. The fraction of sp³-hybridized carbons (Fsp3) is 0.250. The van der Waals surface area contributed by atoms with Gasteiger partial charge in [-0.05, 0) is 12.5 Å². The van der Waals surface area contributed by atoms with Gasteiger partial charge in [0.2, 0.25) is 0 Å². The van der Waals surface area contributed by atoms with Crippen molar-refractivity contribution in [2.45, 2.75) is 13.0 Å². The van der Waals surface area contributed by atoms with Gasteiger partial charge in [-0.1, -0.05) is 30.3 Å². The predicted molar refractivity (Wildman–Crippen MR) is 39.0 cm³/mol. The molecule has 0 spiro atoms. The van der Waals surface area contributed by atoms with Crippen LogP contribution in [0.25, 0.3) is 0 Å². The SMILES string of the molecule is CC(N)c1ccccc1.[Pt]. The van der Waals surface area contributed by atoms with E-state index in [9.17, 15) is 0 Å². The van der Waals surface area contributed by atoms with E-state index in [0.717, 1.165) is 0 Å². The molecule has 0 fully saturated rings. The van der Waals surface area contributed by atoms with Crippen LogP contribution in [0.1, 0.15) is 18.5 Å². The molecule has 0 radical (unpaired) electrons. The van der Waals surface area contributed by atoms with Crippen LogP contribution in [0.5, 0.6) is 0 Å². The van der Waals surface area contributed by atoms with Crippen LogP contribution in [0.2, 0.25) is 0 Å². The largest absolute Gasteiger partial charge is 0.324 e. The van der Waals surface area contributed by atoms with Gasteiger partial charge in [0.05, 0.1) is 0 Å². The summed E-state index contributed by atoms with van der Waals surface area (Å²) in [7, 11) is 0. The molecule has 58 valence electrons. The third-order valence-corrected chi connectivity index (χ3v) is 1.33. The molecule has 1 rings (SSSR count). The average Bonchev–Trinajstić information content (AvgIpc) is 1.90. The Morgan fingerprint density at radius 2 is 1.70 bits per heavy atom. The van der Waals surface area contributed by atoms with Gasteiger partial charge in [0.25, 0.3) is 0 Å². The molecule has 1 aromatic rings. The summed E-state index contributed by atoms with van der Waals surface area (Å²) < 4.78 is 0. The quantitative estimate of drug-likeness (QED) is 0.839. The smallest absolute Gasteiger partial charge is 0.0266 e. The van der Waals surface area contributed by atoms with E-state index >= 15 is 0 Å². The minimum absolute atomic E-state index is 0. The monoisotopic (exact) mass is 316 g/mol. The van der Waals surface area contributed by atoms with Crippen molar-refractivity contribution in [1.82, 2.24) is 0 Å². The molecule has 10 heavy (non-hydrogen) atoms. The Bertz CT molecular complexity index is 172. The van der Waals surface area contributed by atoms with Crippen molar-refractivity contribution in [3.8, 4) is 0 Å². The Labute approximate surface area is 75.9 Å². The van der Waals surface area contributed by atoms with Crippen molar-refractivity contribution in [3.05, 3.63) is 35.9 Å². The minimum atomic E-state index is 0. The van der Waals surface area contributed by atoms with Crippen molar-refractivity contribution < 1.29 is 21.1 Å². The first kappa shape index (κ1) is 9.87. The normalized spacial score (nSPS) is 11.8. The topological polar surface area (TPSA) is 26.0 Å². The van der Waals surface area contributed by atoms with Gasteiger partial charge in [-0.15, -0.1) is 0 Å². The molecule has 0 saturated heterocycles. The molecule has 0 aliphatic carbocycles. The van der Waals surface area contributed by atoms with Crippen LogP contribution in [-0.4, -0.2) is 0 Å². The van der Waals surface area contributed by atoms with Crippen LogP contribution in [0.15, 0.2) is 30.3 Å². The molecule has 1 aromatic carbocycles. The molecule has 0 bridgehead atoms. The molecule has 0 aliphatic heterocycles. The van der Waals surface area contributed by atoms with E-state index in [2.05, 4.69) is 0 Å². The number of nitrogens with two attached hydrogens (primary N) is 1. The third-order valence-electron chi connectivity index (χ3n) is 1.33. The van der Waals surface area contributed by atoms with Gasteiger partial charge in [-0.25, -0.2) is 0 Å². The van der Waals surface area contributed by atoms with Crippen molar-refractivity contribution in [2.24, 2.45) is 5.73 Å². The second-order valence-corrected chi connectivity index (χ2v) is 2.20. The van der Waals surface area contributed by atoms with Gasteiger partial charge in [-0.3, -0.25) is 0 Å². The van der Waals surface area contributed by atoms with Crippen molar-refractivity contribution in [3.63, 3.8) is 0 Å². The van der Waals surface area contributed by atoms with Crippen LogP contribution in [0.4, 0.5) is 0 Å². The summed E-state index contributed by atoms with van der Waals surface area (Å²) in [6.07, 6.45) is 0. The van der Waals surface area contributed by atoms with Gasteiger partial charge in [0.1, 0.15) is 0 Å². The van der Waals surface area contributed by atoms with E-state index in [0.29, 0.717) is 0 Å². The summed E-state index contributed by atoms with van der Waals surface area (Å²) in [6.45, 7) is 1.98. The molecule has 0 aromatic heterocycles. The fourth-order valence-electron chi connectivity index (χ4n) is 0.757. The van der Waals surface area contributed by atoms with Crippen LogP contribution < -0.4 is 5.73 Å². The van der Waals surface area contributed by atoms with E-state index in [1.807, 2.05) is 37.3 Å². The van der Waals surface area contributed by atoms with Crippen LogP contribution in [0.3, 0.4) is 0 Å². The van der Waals surface area contributed by atoms with Crippen molar-refractivity contribution in [2.75, 3.05) is 0 Å². The predicted octanol–water partition coefficient (Wildman–Crippen LogP) is 1.70. The van der Waals surface area contributed by atoms with Gasteiger partial charge in [-0.2, -0.15) is 0 Å². The molecule has 0 saturated carbocycles. The summed E-state index contributed by atoms with van der Waals surface area (Å²) in [5, 5.41) is 0. The van der Waals surface area contributed by atoms with Gasteiger partial charge >= 0.3 is 0 Å². The molecular weight excluding hydrogens is 305 g/mol. The first-order valence-electron chi connectivity index (χ1n) is 3.11. The summed E-state index contributed by atoms with van der Waals surface area (Å²) in [5.74, 6) is 0. The molecule has 0 heterocycles. The van der Waals surface area contributed by atoms with E-state index in [-0.39, 0.29) is 27.1 Å². The molecule has 1 nitrogen and oxygen atoms in total. The average molecular weight is 316 g/mol. The standard InChI is InChI=1S/C8H11N.Pt/c1-7(9)8-5-3-2-4-6-8;/h2-7H,9H2,1H3;. The van der Waals surface area contributed by atoms with Crippen molar-refractivity contribution in [1.29, 1.82) is 0 Å². The second-order valence-electron chi connectivity index (χ2n) is 2.20. The summed E-state index contributed by atoms with van der Waals surface area (Å²) in [4.78, 5) is 0. The summed E-state index contributed by atoms with van der Waals surface area (Å²) >= 11 is 0. The maximum Gasteiger partial charge on any atom is 0.0266 e. The van der Waals surface area contributed by atoms with Crippen LogP contribution >= 0.6 is 0 Å². The van der Waals surface area contributed by atoms with Gasteiger partial charge in [0.15, 0.2) is 0 Å². The summed E-state index contributed by atoms with van der Waals surface area (Å²) in [6, 6.07) is 10.2. The number of benzene rings is 1. The minimum Gasteiger partial charge on any atom is -0.324 e. The van der Waals surface area contributed by atoms with E-state index in [4.69, 9.17) is 5.73 Å². The molecule has 2 N–H and O–H groups in total. The van der Waals surface area contributed by atoms with Gasteiger partial charge < -0.3 is 5.73 Å². The zero-order chi connectivity index (χ0) is 6.69. The first-order chi connectivity index (χ1) is 4.30. The molecule has 1 atom stereocenters. The molecule has 2 heteroatoms. The van der Waals surface area contributed by atoms with E-state index < -0.39 is 0 Å². The Morgan fingerprint density at radius 3 is 2.00 bits per heavy atom. The maximum atomic E-state index is 5.61. The Morgan fingerprint density at radius 1 is 1.20 bits per heavy atom. The number of hydrogen-bond donors (Lipinski definition) is 1.